The van der Waals surface area contributed by atoms with Crippen molar-refractivity contribution in [2.45, 2.75) is 30.1 Å². The summed E-state index contributed by atoms with van der Waals surface area (Å²) in [6.07, 6.45) is 8.00. The van der Waals surface area contributed by atoms with Gasteiger partial charge in [-0.2, -0.15) is 0 Å². The van der Waals surface area contributed by atoms with E-state index in [4.69, 9.17) is 14.5 Å². The molecular formula is C22H25NO2S. The predicted molar refractivity (Wildman–Crippen MR) is 107 cm³/mol. The largest absolute Gasteiger partial charge is 0.481 e. The minimum atomic E-state index is 0.445. The molecule has 1 aromatic carbocycles. The number of thioether (sulfide) groups is 1. The Labute approximate surface area is 159 Å². The maximum atomic E-state index is 5.61. The first-order valence-electron chi connectivity index (χ1n) is 9.28. The van der Waals surface area contributed by atoms with Crippen LogP contribution in [0.15, 0.2) is 47.4 Å². The predicted octanol–water partition coefficient (Wildman–Crippen LogP) is 5.16. The van der Waals surface area contributed by atoms with Gasteiger partial charge in [0.1, 0.15) is 0 Å². The number of hydrogen-bond donors (Lipinski definition) is 0. The van der Waals surface area contributed by atoms with Gasteiger partial charge in [0.2, 0.25) is 5.88 Å². The highest BCUT2D eigenvalue weighted by atomic mass is 32.2. The smallest absolute Gasteiger partial charge is 0.217 e. The highest BCUT2D eigenvalue weighted by molar-refractivity contribution is 7.98. The summed E-state index contributed by atoms with van der Waals surface area (Å²) in [4.78, 5) is 6.15. The number of pyridine rings is 1. The highest BCUT2D eigenvalue weighted by Crippen LogP contribution is 2.44. The molecule has 2 aliphatic rings. The summed E-state index contributed by atoms with van der Waals surface area (Å²) in [6, 6.07) is 13.1. The lowest BCUT2D eigenvalue weighted by Gasteiger charge is -2.14. The highest BCUT2D eigenvalue weighted by Gasteiger charge is 2.28. The normalized spacial score (nSPS) is 20.4. The molecule has 1 saturated heterocycles. The van der Waals surface area contributed by atoms with Gasteiger partial charge >= 0.3 is 0 Å². The van der Waals surface area contributed by atoms with Crippen LogP contribution in [-0.4, -0.2) is 31.6 Å². The van der Waals surface area contributed by atoms with E-state index in [2.05, 4.69) is 48.7 Å². The van der Waals surface area contributed by atoms with Gasteiger partial charge in [-0.15, -0.1) is 11.8 Å². The maximum Gasteiger partial charge on any atom is 0.217 e. The molecule has 4 rings (SSSR count). The van der Waals surface area contributed by atoms with Crippen molar-refractivity contribution >= 4 is 17.3 Å². The van der Waals surface area contributed by atoms with E-state index in [0.717, 1.165) is 31.2 Å². The van der Waals surface area contributed by atoms with Crippen molar-refractivity contribution in [1.29, 1.82) is 0 Å². The fourth-order valence-corrected chi connectivity index (χ4v) is 3.90. The third-order valence-electron chi connectivity index (χ3n) is 5.14. The SMILES string of the molecule is COc1nc(C(=CC2CCOC2)c2ccc(SC)cc2)ccc1C1CC1. The molecule has 26 heavy (non-hydrogen) atoms. The van der Waals surface area contributed by atoms with E-state index in [1.165, 1.54) is 34.4 Å². The van der Waals surface area contributed by atoms with Gasteiger partial charge in [-0.1, -0.05) is 24.3 Å². The lowest BCUT2D eigenvalue weighted by Crippen LogP contribution is -2.02. The second-order valence-corrected chi connectivity index (χ2v) is 7.88. The number of nitrogens with zero attached hydrogens (tertiary/aromatic N) is 1. The zero-order chi connectivity index (χ0) is 17.9. The number of hydrogen-bond acceptors (Lipinski definition) is 4. The minimum absolute atomic E-state index is 0.445. The molecule has 2 heterocycles. The lowest BCUT2D eigenvalue weighted by atomic mass is 9.96. The first-order chi connectivity index (χ1) is 12.8. The van der Waals surface area contributed by atoms with Crippen LogP contribution in [-0.2, 0) is 4.74 Å². The van der Waals surface area contributed by atoms with E-state index < -0.39 is 0 Å². The average Bonchev–Trinajstić information content (AvgIpc) is 3.41. The Hall–Kier alpha value is -1.78. The van der Waals surface area contributed by atoms with Crippen molar-refractivity contribution in [3.63, 3.8) is 0 Å². The Morgan fingerprint density at radius 2 is 1.96 bits per heavy atom. The zero-order valence-electron chi connectivity index (χ0n) is 15.4. The van der Waals surface area contributed by atoms with Crippen LogP contribution < -0.4 is 4.74 Å². The molecule has 0 N–H and O–H groups in total. The van der Waals surface area contributed by atoms with Crippen LogP contribution >= 0.6 is 11.8 Å². The van der Waals surface area contributed by atoms with Crippen molar-refractivity contribution in [2.75, 3.05) is 26.6 Å². The molecule has 0 radical (unpaired) electrons. The molecule has 1 aliphatic heterocycles. The van der Waals surface area contributed by atoms with E-state index in [1.54, 1.807) is 18.9 Å². The van der Waals surface area contributed by atoms with Crippen LogP contribution in [0.3, 0.4) is 0 Å². The van der Waals surface area contributed by atoms with E-state index in [-0.39, 0.29) is 0 Å². The molecule has 1 saturated carbocycles. The van der Waals surface area contributed by atoms with Crippen molar-refractivity contribution < 1.29 is 9.47 Å². The van der Waals surface area contributed by atoms with Gasteiger partial charge in [0, 0.05) is 28.6 Å². The second-order valence-electron chi connectivity index (χ2n) is 7.00. The topological polar surface area (TPSA) is 31.4 Å². The summed E-state index contributed by atoms with van der Waals surface area (Å²) < 4.78 is 11.2. The van der Waals surface area contributed by atoms with Crippen molar-refractivity contribution in [3.8, 4) is 5.88 Å². The van der Waals surface area contributed by atoms with Crippen LogP contribution in [0.25, 0.3) is 5.57 Å². The van der Waals surface area contributed by atoms with E-state index in [9.17, 15) is 0 Å². The maximum absolute atomic E-state index is 5.61. The number of methoxy groups -OCH3 is 1. The quantitative estimate of drug-likeness (QED) is 0.660. The molecule has 1 aromatic heterocycles. The molecule has 0 bridgehead atoms. The molecule has 136 valence electrons. The minimum Gasteiger partial charge on any atom is -0.481 e. The van der Waals surface area contributed by atoms with Crippen LogP contribution in [0.1, 0.15) is 42.0 Å². The molecule has 1 aliphatic carbocycles. The molecule has 1 unspecified atom stereocenters. The fraction of sp³-hybridized carbons (Fsp3) is 0.409. The summed E-state index contributed by atoms with van der Waals surface area (Å²) in [6.45, 7) is 1.64. The zero-order valence-corrected chi connectivity index (χ0v) is 16.2. The van der Waals surface area contributed by atoms with Crippen LogP contribution in [0.2, 0.25) is 0 Å². The first kappa shape index (κ1) is 17.6. The van der Waals surface area contributed by atoms with Gasteiger partial charge in [-0.05, 0) is 55.2 Å². The Morgan fingerprint density at radius 3 is 2.58 bits per heavy atom. The number of rotatable bonds is 6. The summed E-state index contributed by atoms with van der Waals surface area (Å²) in [5.74, 6) is 1.85. The molecule has 2 aromatic rings. The monoisotopic (exact) mass is 367 g/mol. The van der Waals surface area contributed by atoms with Crippen LogP contribution in [0.5, 0.6) is 5.88 Å². The van der Waals surface area contributed by atoms with E-state index in [1.807, 2.05) is 0 Å². The van der Waals surface area contributed by atoms with Gasteiger partial charge in [-0.25, -0.2) is 4.98 Å². The Balaban J connectivity index is 1.74. The number of benzene rings is 1. The summed E-state index contributed by atoms with van der Waals surface area (Å²) >= 11 is 1.76. The van der Waals surface area contributed by atoms with Gasteiger partial charge in [0.25, 0.3) is 0 Å². The Bertz CT molecular complexity index is 790. The molecule has 0 spiro atoms. The van der Waals surface area contributed by atoms with Crippen LogP contribution in [0, 0.1) is 5.92 Å². The molecule has 4 heteroatoms. The van der Waals surface area contributed by atoms with E-state index in [0.29, 0.717) is 11.8 Å². The first-order valence-corrected chi connectivity index (χ1v) is 10.5. The number of aromatic nitrogens is 1. The third-order valence-corrected chi connectivity index (χ3v) is 5.89. The Kier molecular flexibility index (Phi) is 5.32. The molecule has 0 amide bonds. The lowest BCUT2D eigenvalue weighted by molar-refractivity contribution is 0.191. The molecular weight excluding hydrogens is 342 g/mol. The Morgan fingerprint density at radius 1 is 1.15 bits per heavy atom. The number of ether oxygens (including phenoxy) is 2. The third kappa shape index (κ3) is 3.81. The summed E-state index contributed by atoms with van der Waals surface area (Å²) in [7, 11) is 1.72. The van der Waals surface area contributed by atoms with Gasteiger partial charge in [0.05, 0.1) is 19.4 Å². The summed E-state index contributed by atoms with van der Waals surface area (Å²) in [5.41, 5.74) is 4.60. The summed E-state index contributed by atoms with van der Waals surface area (Å²) in [5, 5.41) is 0. The van der Waals surface area contributed by atoms with Gasteiger partial charge in [-0.3, -0.25) is 0 Å². The van der Waals surface area contributed by atoms with Crippen molar-refractivity contribution in [3.05, 3.63) is 59.3 Å². The van der Waals surface area contributed by atoms with Crippen molar-refractivity contribution in [2.24, 2.45) is 5.92 Å². The van der Waals surface area contributed by atoms with Gasteiger partial charge in [0.15, 0.2) is 0 Å². The molecule has 2 fully saturated rings. The second kappa shape index (κ2) is 7.85. The molecule has 3 nitrogen and oxygen atoms in total. The van der Waals surface area contributed by atoms with E-state index >= 15 is 0 Å². The average molecular weight is 368 g/mol. The van der Waals surface area contributed by atoms with Crippen molar-refractivity contribution in [1.82, 2.24) is 4.98 Å². The van der Waals surface area contributed by atoms with Crippen LogP contribution in [0.4, 0.5) is 0 Å². The van der Waals surface area contributed by atoms with Gasteiger partial charge < -0.3 is 9.47 Å². The standard InChI is InChI=1S/C22H25NO2S/c1-24-22-19(16-3-4-16)9-10-21(23-22)20(13-15-11-12-25-14-15)17-5-7-18(26-2)8-6-17/h5-10,13,15-16H,3-4,11-12,14H2,1-2H3. The molecule has 1 atom stereocenters. The fourth-order valence-electron chi connectivity index (χ4n) is 3.49.